The second kappa shape index (κ2) is 22.5. The van der Waals surface area contributed by atoms with Crippen LogP contribution < -0.4 is 5.32 Å². The highest BCUT2D eigenvalue weighted by molar-refractivity contribution is 6.31. The van der Waals surface area contributed by atoms with Crippen LogP contribution in [0.2, 0.25) is 5.02 Å². The number of aliphatic hydroxyl groups excluding tert-OH is 2. The molecule has 1 aromatic carbocycles. The lowest BCUT2D eigenvalue weighted by atomic mass is 9.74. The van der Waals surface area contributed by atoms with Crippen LogP contribution in [-0.4, -0.2) is 157 Å². The average molecular weight is 930 g/mol. The third-order valence-electron chi connectivity index (χ3n) is 14.1. The zero-order chi connectivity index (χ0) is 48.1. The van der Waals surface area contributed by atoms with Crippen LogP contribution in [0.25, 0.3) is 0 Å². The van der Waals surface area contributed by atoms with Gasteiger partial charge in [-0.2, -0.15) is 0 Å². The van der Waals surface area contributed by atoms with Gasteiger partial charge >= 0.3 is 12.1 Å². The van der Waals surface area contributed by atoms with Gasteiger partial charge in [-0.15, -0.1) is 0 Å². The maximum Gasteiger partial charge on any atom is 0.407 e. The van der Waals surface area contributed by atoms with E-state index < -0.39 is 108 Å². The number of likely N-dealkylation sites (N-methyl/N-ethyl adjacent to an activating group) is 1. The van der Waals surface area contributed by atoms with Crippen LogP contribution in [0, 0.1) is 23.7 Å². The summed E-state index contributed by atoms with van der Waals surface area (Å²) < 4.78 is 50.9. The van der Waals surface area contributed by atoms with Crippen molar-refractivity contribution in [2.75, 3.05) is 34.9 Å². The van der Waals surface area contributed by atoms with E-state index in [1.807, 2.05) is 51.0 Å². The van der Waals surface area contributed by atoms with Crippen LogP contribution >= 0.6 is 11.6 Å². The van der Waals surface area contributed by atoms with Crippen molar-refractivity contribution >= 4 is 29.4 Å². The average Bonchev–Trinajstić information content (AvgIpc) is 3.24. The summed E-state index contributed by atoms with van der Waals surface area (Å²) in [4.78, 5) is 43.7. The number of benzene rings is 1. The molecule has 0 spiro atoms. The van der Waals surface area contributed by atoms with Crippen LogP contribution in [0.15, 0.2) is 24.3 Å². The number of nitrogens with one attached hydrogen (secondary N) is 1. The second-order valence-corrected chi connectivity index (χ2v) is 19.7. The van der Waals surface area contributed by atoms with Crippen LogP contribution in [-0.2, 0) is 53.9 Å². The lowest BCUT2D eigenvalue weighted by molar-refractivity contribution is -0.319. The molecule has 0 unspecified atom stereocenters. The minimum atomic E-state index is -2.01. The van der Waals surface area contributed by atoms with Gasteiger partial charge in [-0.1, -0.05) is 57.5 Å². The molecule has 0 radical (unpaired) electrons. The van der Waals surface area contributed by atoms with Crippen molar-refractivity contribution in [2.24, 2.45) is 23.7 Å². The van der Waals surface area contributed by atoms with Crippen molar-refractivity contribution in [3.8, 4) is 0 Å². The fourth-order valence-electron chi connectivity index (χ4n) is 9.95. The maximum atomic E-state index is 14.5. The van der Waals surface area contributed by atoms with Gasteiger partial charge in [-0.3, -0.25) is 9.59 Å². The number of hydrogen-bond donors (Lipinski definition) is 4. The quantitative estimate of drug-likeness (QED) is 0.203. The van der Waals surface area contributed by atoms with Crippen molar-refractivity contribution in [3.63, 3.8) is 0 Å². The Balaban J connectivity index is 1.74. The Morgan fingerprint density at radius 1 is 0.922 bits per heavy atom. The van der Waals surface area contributed by atoms with Crippen molar-refractivity contribution in [3.05, 3.63) is 34.9 Å². The number of carbonyl (C=O) groups excluding carboxylic acids is 3. The molecule has 0 aliphatic carbocycles. The van der Waals surface area contributed by atoms with Gasteiger partial charge in [0.2, 0.25) is 0 Å². The largest absolute Gasteiger partial charge is 0.459 e. The van der Waals surface area contributed by atoms with Gasteiger partial charge in [0.05, 0.1) is 42.0 Å². The molecule has 366 valence electrons. The molecular formula is C47H77ClN2O14. The Labute approximate surface area is 385 Å². The third kappa shape index (κ3) is 12.3. The highest BCUT2D eigenvalue weighted by Crippen LogP contribution is 2.42. The minimum Gasteiger partial charge on any atom is -0.459 e. The molecule has 4 N–H and O–H groups in total. The zero-order valence-corrected chi connectivity index (χ0v) is 41.1. The monoisotopic (exact) mass is 929 g/mol. The molecule has 3 fully saturated rings. The van der Waals surface area contributed by atoms with Crippen molar-refractivity contribution in [1.82, 2.24) is 10.2 Å². The molecule has 3 heterocycles. The van der Waals surface area contributed by atoms with E-state index in [1.165, 1.54) is 21.1 Å². The van der Waals surface area contributed by atoms with Gasteiger partial charge in [-0.05, 0) is 93.0 Å². The SMILES string of the molecule is CC[C@H]1OC(=O)[C@H](C)[C@@H](O[C@H]2C[C@@](C)(OC)[C@@H](OC(=O)NCCc3ccccc3Cl)[C@H](C)O2)[C@H](C)[C@@H](O[C@@H]2O[C@H](C)C[C@H](N(C)C)[C@H]2O)[C@](C)(OC)C[C@@H](C)C(=O)[C@H](C)[C@@H](O)[C@]1(C)O. The number of methoxy groups -OCH3 is 2. The number of alkyl carbamates (subject to hydrolysis) is 1. The number of nitrogens with zero attached hydrogens (tertiary/aromatic N) is 1. The number of carbonyl (C=O) groups is 3. The highest BCUT2D eigenvalue weighted by atomic mass is 35.5. The minimum absolute atomic E-state index is 0.0534. The Morgan fingerprint density at radius 2 is 1.55 bits per heavy atom. The first-order valence-corrected chi connectivity index (χ1v) is 23.1. The fraction of sp³-hybridized carbons (Fsp3) is 0.809. The highest BCUT2D eigenvalue weighted by Gasteiger charge is 2.55. The summed E-state index contributed by atoms with van der Waals surface area (Å²) in [7, 11) is 6.75. The molecule has 64 heavy (non-hydrogen) atoms. The fourth-order valence-corrected chi connectivity index (χ4v) is 10.2. The first kappa shape index (κ1) is 54.1. The zero-order valence-electron chi connectivity index (χ0n) is 40.4. The van der Waals surface area contributed by atoms with Gasteiger partial charge < -0.3 is 63.4 Å². The number of hydrogen-bond acceptors (Lipinski definition) is 15. The maximum absolute atomic E-state index is 14.5. The Bertz CT molecular complexity index is 1700. The van der Waals surface area contributed by atoms with Crippen LogP contribution in [0.5, 0.6) is 0 Å². The summed E-state index contributed by atoms with van der Waals surface area (Å²) in [6, 6.07) is 7.06. The normalized spacial score (nSPS) is 41.8. The van der Waals surface area contributed by atoms with E-state index in [-0.39, 0.29) is 43.7 Å². The number of halogens is 1. The van der Waals surface area contributed by atoms with E-state index in [2.05, 4.69) is 5.32 Å². The summed E-state index contributed by atoms with van der Waals surface area (Å²) in [6.45, 7) is 17.3. The summed E-state index contributed by atoms with van der Waals surface area (Å²) >= 11 is 6.31. The van der Waals surface area contributed by atoms with Crippen LogP contribution in [0.1, 0.15) is 100 Å². The molecule has 17 heteroatoms. The molecule has 0 saturated carbocycles. The second-order valence-electron chi connectivity index (χ2n) is 19.3. The molecule has 1 amide bonds. The summed E-state index contributed by atoms with van der Waals surface area (Å²) in [6.07, 6.45) is -9.51. The number of ether oxygens (including phenoxy) is 8. The predicted molar refractivity (Wildman–Crippen MR) is 238 cm³/mol. The molecule has 18 atom stereocenters. The molecule has 4 rings (SSSR count). The number of amides is 1. The van der Waals surface area contributed by atoms with E-state index in [9.17, 15) is 29.7 Å². The molecule has 0 bridgehead atoms. The van der Waals surface area contributed by atoms with E-state index >= 15 is 0 Å². The molecule has 1 aromatic rings. The number of rotatable bonds is 12. The Morgan fingerprint density at radius 3 is 2.14 bits per heavy atom. The first-order chi connectivity index (χ1) is 29.8. The first-order valence-electron chi connectivity index (χ1n) is 22.7. The Kier molecular flexibility index (Phi) is 19.1. The lowest BCUT2D eigenvalue weighted by Gasteiger charge is -2.50. The topological polar surface area (TPSA) is 201 Å². The predicted octanol–water partition coefficient (Wildman–Crippen LogP) is 5.07. The van der Waals surface area contributed by atoms with Gasteiger partial charge in [0.25, 0.3) is 0 Å². The van der Waals surface area contributed by atoms with Crippen molar-refractivity contribution in [2.45, 2.75) is 186 Å². The van der Waals surface area contributed by atoms with Gasteiger partial charge in [0, 0.05) is 56.0 Å². The summed E-state index contributed by atoms with van der Waals surface area (Å²) in [5.41, 5.74) is -3.57. The number of cyclic esters (lactones) is 1. The van der Waals surface area contributed by atoms with E-state index in [0.29, 0.717) is 17.9 Å². The molecule has 3 aliphatic rings. The molecule has 3 aliphatic heterocycles. The summed E-state index contributed by atoms with van der Waals surface area (Å²) in [5, 5.41) is 38.5. The van der Waals surface area contributed by atoms with Gasteiger partial charge in [0.1, 0.15) is 29.2 Å². The Hall–Kier alpha value is -2.48. The molecular weight excluding hydrogens is 852 g/mol. The van der Waals surface area contributed by atoms with Gasteiger partial charge in [0.15, 0.2) is 18.7 Å². The van der Waals surface area contributed by atoms with E-state index in [0.717, 1.165) is 5.56 Å². The standard InChI is InChI=1S/C47H77ClN2O14/c1-15-34-47(10,56)39(53)27(4)36(51)25(2)23-45(8,57-13)40(63-43-37(52)33(50(11)12)22-26(3)59-43)28(5)38(29(6)42(54)61-34)62-35-24-46(9,58-14)41(30(7)60-35)64-44(55)49-21-20-31-18-16-17-19-32(31)48/h16-19,25-30,33-35,37-41,43,52-53,56H,15,20-24H2,1-14H3,(H,49,55)/t25-,26-,27+,28+,29-,30+,33+,34-,35+,37-,38+,39-,40-,41+,43+,45-,46-,47-/m1/s1. The van der Waals surface area contributed by atoms with Gasteiger partial charge in [-0.25, -0.2) is 4.79 Å². The van der Waals surface area contributed by atoms with Crippen LogP contribution in [0.3, 0.4) is 0 Å². The van der Waals surface area contributed by atoms with Crippen LogP contribution in [0.4, 0.5) is 4.79 Å². The van der Waals surface area contributed by atoms with E-state index in [4.69, 9.17) is 49.5 Å². The van der Waals surface area contributed by atoms with E-state index in [1.54, 1.807) is 54.5 Å². The molecule has 0 aromatic heterocycles. The lowest BCUT2D eigenvalue weighted by Crippen LogP contribution is -2.62. The molecule has 3 saturated heterocycles. The smallest absolute Gasteiger partial charge is 0.407 e. The number of Topliss-reactive ketones (excluding diaryl/α,β-unsaturated/α-hetero) is 1. The van der Waals surface area contributed by atoms with Crippen molar-refractivity contribution in [1.29, 1.82) is 0 Å². The number of ketones is 1. The molecule has 16 nitrogen and oxygen atoms in total. The number of aliphatic hydroxyl groups is 3. The van der Waals surface area contributed by atoms with Crippen molar-refractivity contribution < 1.29 is 67.6 Å². The number of esters is 1. The summed E-state index contributed by atoms with van der Waals surface area (Å²) in [5.74, 6) is -4.72. The third-order valence-corrected chi connectivity index (χ3v) is 14.5.